The van der Waals surface area contributed by atoms with Crippen molar-refractivity contribution >= 4 is 5.91 Å². The van der Waals surface area contributed by atoms with Crippen molar-refractivity contribution in [1.29, 1.82) is 0 Å². The average Bonchev–Trinajstić information content (AvgIpc) is 2.66. The molecule has 0 bridgehead atoms. The van der Waals surface area contributed by atoms with E-state index in [2.05, 4.69) is 12.2 Å². The second kappa shape index (κ2) is 8.50. The molecule has 2 heterocycles. The maximum Gasteiger partial charge on any atom is 0.416 e. The van der Waals surface area contributed by atoms with Crippen molar-refractivity contribution in [3.8, 4) is 5.75 Å². The van der Waals surface area contributed by atoms with Crippen molar-refractivity contribution in [2.45, 2.75) is 44.7 Å². The van der Waals surface area contributed by atoms with Crippen molar-refractivity contribution in [2.24, 2.45) is 5.92 Å². The third-order valence-corrected chi connectivity index (χ3v) is 5.60. The van der Waals surface area contributed by atoms with Gasteiger partial charge in [-0.15, -0.1) is 0 Å². The van der Waals surface area contributed by atoms with Crippen molar-refractivity contribution in [2.75, 3.05) is 32.8 Å². The molecule has 1 aromatic rings. The van der Waals surface area contributed by atoms with Gasteiger partial charge in [0.15, 0.2) is 6.61 Å². The van der Waals surface area contributed by atoms with E-state index in [1.165, 1.54) is 12.1 Å². The highest BCUT2D eigenvalue weighted by Gasteiger charge is 2.32. The Bertz CT molecular complexity index is 649. The van der Waals surface area contributed by atoms with Gasteiger partial charge in [-0.1, -0.05) is 6.92 Å². The van der Waals surface area contributed by atoms with Crippen LogP contribution >= 0.6 is 0 Å². The number of nitrogens with zero attached hydrogens (tertiary/aromatic N) is 1. The van der Waals surface area contributed by atoms with Crippen LogP contribution in [0.25, 0.3) is 0 Å². The molecule has 0 saturated carbocycles. The molecule has 1 N–H and O–H groups in total. The van der Waals surface area contributed by atoms with Crippen molar-refractivity contribution in [3.63, 3.8) is 0 Å². The molecule has 2 aliphatic heterocycles. The fourth-order valence-corrected chi connectivity index (χ4v) is 3.80. The van der Waals surface area contributed by atoms with Gasteiger partial charge in [0.2, 0.25) is 0 Å². The molecule has 3 rings (SSSR count). The number of nitrogens with one attached hydrogen (secondary N) is 1. The van der Waals surface area contributed by atoms with E-state index in [9.17, 15) is 18.0 Å². The first-order chi connectivity index (χ1) is 12.8. The molecular weight excluding hydrogens is 357 g/mol. The summed E-state index contributed by atoms with van der Waals surface area (Å²) < 4.78 is 45.1. The minimum absolute atomic E-state index is 0.00879. The molecule has 7 heteroatoms. The highest BCUT2D eigenvalue weighted by atomic mass is 19.4. The van der Waals surface area contributed by atoms with Gasteiger partial charge in [0.05, 0.1) is 5.56 Å². The molecule has 27 heavy (non-hydrogen) atoms. The summed E-state index contributed by atoms with van der Waals surface area (Å²) in [6.07, 6.45) is -0.912. The number of amides is 1. The van der Waals surface area contributed by atoms with E-state index < -0.39 is 11.7 Å². The number of rotatable bonds is 4. The van der Waals surface area contributed by atoms with Crippen molar-refractivity contribution in [1.82, 2.24) is 10.2 Å². The summed E-state index contributed by atoms with van der Waals surface area (Å²) in [5.41, 5.74) is -0.105. The molecular formula is C20H27F3N2O2. The molecule has 0 unspecified atom stereocenters. The zero-order valence-electron chi connectivity index (χ0n) is 15.6. The first-order valence-corrected chi connectivity index (χ1v) is 9.67. The van der Waals surface area contributed by atoms with Crippen LogP contribution in [0.5, 0.6) is 5.75 Å². The summed E-state index contributed by atoms with van der Waals surface area (Å²) in [5, 5.41) is 3.22. The molecule has 1 aromatic carbocycles. The molecule has 0 spiro atoms. The predicted octanol–water partition coefficient (Wildman–Crippen LogP) is 3.81. The Morgan fingerprint density at radius 3 is 2.48 bits per heavy atom. The fourth-order valence-electron chi connectivity index (χ4n) is 3.80. The fraction of sp³-hybridized carbons (Fsp3) is 0.650. The Balaban J connectivity index is 1.72. The van der Waals surface area contributed by atoms with Crippen LogP contribution in [0.15, 0.2) is 18.2 Å². The van der Waals surface area contributed by atoms with Crippen LogP contribution in [0, 0.1) is 5.92 Å². The first-order valence-electron chi connectivity index (χ1n) is 9.67. The summed E-state index contributed by atoms with van der Waals surface area (Å²) >= 11 is 0. The van der Waals surface area contributed by atoms with Gasteiger partial charge in [-0.3, -0.25) is 4.79 Å². The molecule has 1 amide bonds. The van der Waals surface area contributed by atoms with Gasteiger partial charge in [-0.2, -0.15) is 13.2 Å². The number of ether oxygens (including phenoxy) is 1. The molecule has 4 nitrogen and oxygen atoms in total. The van der Waals surface area contributed by atoms with Crippen LogP contribution in [0.3, 0.4) is 0 Å². The Hall–Kier alpha value is -1.76. The second-order valence-electron chi connectivity index (χ2n) is 7.63. The van der Waals surface area contributed by atoms with Crippen LogP contribution in [0.1, 0.15) is 49.7 Å². The van der Waals surface area contributed by atoms with Gasteiger partial charge in [-0.25, -0.2) is 0 Å². The van der Waals surface area contributed by atoms with Crippen LogP contribution in [0.2, 0.25) is 0 Å². The van der Waals surface area contributed by atoms with Gasteiger partial charge in [-0.05, 0) is 74.4 Å². The number of halogens is 3. The van der Waals surface area contributed by atoms with E-state index >= 15 is 0 Å². The number of benzene rings is 1. The number of alkyl halides is 3. The lowest BCUT2D eigenvalue weighted by Crippen LogP contribution is -2.40. The van der Waals surface area contributed by atoms with E-state index in [-0.39, 0.29) is 18.4 Å². The van der Waals surface area contributed by atoms with Gasteiger partial charge >= 0.3 is 6.18 Å². The number of hydrogen-bond donors (Lipinski definition) is 1. The molecule has 0 atom stereocenters. The summed E-state index contributed by atoms with van der Waals surface area (Å²) in [7, 11) is 0. The van der Waals surface area contributed by atoms with Crippen molar-refractivity contribution in [3.05, 3.63) is 29.3 Å². The molecule has 0 aliphatic carbocycles. The van der Waals surface area contributed by atoms with Crippen molar-refractivity contribution < 1.29 is 22.7 Å². The topological polar surface area (TPSA) is 41.6 Å². The molecule has 0 radical (unpaired) electrons. The van der Waals surface area contributed by atoms with Gasteiger partial charge < -0.3 is 15.0 Å². The maximum atomic E-state index is 13.1. The quantitative estimate of drug-likeness (QED) is 0.858. The van der Waals surface area contributed by atoms with E-state index in [1.807, 2.05) is 0 Å². The normalized spacial score (nSPS) is 19.9. The number of carbonyl (C=O) groups excluding carboxylic acids is 1. The van der Waals surface area contributed by atoms with Crippen LogP contribution in [0.4, 0.5) is 13.2 Å². The molecule has 2 fully saturated rings. The highest BCUT2D eigenvalue weighted by molar-refractivity contribution is 5.77. The monoisotopic (exact) mass is 384 g/mol. The molecule has 2 saturated heterocycles. The van der Waals surface area contributed by atoms with Gasteiger partial charge in [0.25, 0.3) is 5.91 Å². The van der Waals surface area contributed by atoms with Crippen LogP contribution < -0.4 is 10.1 Å². The number of piperidine rings is 2. The molecule has 0 aromatic heterocycles. The Kier molecular flexibility index (Phi) is 6.29. The third-order valence-electron chi connectivity index (χ3n) is 5.60. The Morgan fingerprint density at radius 1 is 1.19 bits per heavy atom. The van der Waals surface area contributed by atoms with Gasteiger partial charge in [0.1, 0.15) is 5.75 Å². The zero-order valence-corrected chi connectivity index (χ0v) is 15.6. The molecule has 150 valence electrons. The van der Waals surface area contributed by atoms with Gasteiger partial charge in [0, 0.05) is 13.1 Å². The lowest BCUT2D eigenvalue weighted by Gasteiger charge is -2.30. The van der Waals surface area contributed by atoms with E-state index in [1.54, 1.807) is 4.90 Å². The van der Waals surface area contributed by atoms with E-state index in [0.29, 0.717) is 17.2 Å². The summed E-state index contributed by atoms with van der Waals surface area (Å²) in [4.78, 5) is 14.2. The summed E-state index contributed by atoms with van der Waals surface area (Å²) in [5.74, 6) is 0.928. The van der Waals surface area contributed by atoms with E-state index in [4.69, 9.17) is 4.74 Å². The lowest BCUT2D eigenvalue weighted by atomic mass is 9.88. The largest absolute Gasteiger partial charge is 0.483 e. The summed E-state index contributed by atoms with van der Waals surface area (Å²) in [6, 6.07) is 3.59. The maximum absolute atomic E-state index is 13.1. The average molecular weight is 384 g/mol. The lowest BCUT2D eigenvalue weighted by molar-refractivity contribution is -0.138. The smallest absolute Gasteiger partial charge is 0.416 e. The first kappa shape index (κ1) is 20.0. The minimum Gasteiger partial charge on any atom is -0.483 e. The SMILES string of the molecule is CC1CCN(C(=O)COc2ccc(C(F)(F)F)cc2C2CCNCC2)CC1. The number of hydrogen-bond acceptors (Lipinski definition) is 3. The number of likely N-dealkylation sites (tertiary alicyclic amines) is 1. The van der Waals surface area contributed by atoms with Crippen LogP contribution in [-0.4, -0.2) is 43.6 Å². The Labute approximate surface area is 158 Å². The van der Waals surface area contributed by atoms with E-state index in [0.717, 1.165) is 57.9 Å². The minimum atomic E-state index is -4.39. The van der Waals surface area contributed by atoms with Crippen LogP contribution in [-0.2, 0) is 11.0 Å². The highest BCUT2D eigenvalue weighted by Crippen LogP contribution is 2.38. The zero-order chi connectivity index (χ0) is 19.4. The standard InChI is InChI=1S/C20H27F3N2O2/c1-14-6-10-25(11-7-14)19(26)13-27-18-3-2-16(20(21,22)23)12-17(18)15-4-8-24-9-5-15/h2-3,12,14-15,24H,4-11,13H2,1H3. The molecule has 2 aliphatic rings. The summed E-state index contributed by atoms with van der Waals surface area (Å²) in [6.45, 7) is 5.02. The second-order valence-corrected chi connectivity index (χ2v) is 7.63. The number of carbonyl (C=O) groups is 1. The third kappa shape index (κ3) is 5.15. The predicted molar refractivity (Wildman–Crippen MR) is 96.8 cm³/mol. The Morgan fingerprint density at radius 2 is 1.85 bits per heavy atom.